The molecule has 0 aliphatic rings. The van der Waals surface area contributed by atoms with Crippen LogP contribution in [0.5, 0.6) is 0 Å². The molecule has 0 saturated heterocycles. The van der Waals surface area contributed by atoms with E-state index < -0.39 is 32.8 Å². The molecule has 11 nitrogen and oxygen atoms in total. The Kier molecular flexibility index (Phi) is 4.75. The molecule has 1 N–H and O–H groups in total. The number of nitrogens with zero attached hydrogens (tertiary/aromatic N) is 3. The normalized spacial score (nSPS) is 9.83. The molecule has 0 amide bonds. The van der Waals surface area contributed by atoms with Gasteiger partial charge in [0.1, 0.15) is 11.3 Å². The van der Waals surface area contributed by atoms with Crippen LogP contribution >= 0.6 is 0 Å². The number of nitroso groups, excluding NO2 is 1. The molecule has 2 aromatic rings. The van der Waals surface area contributed by atoms with Crippen molar-refractivity contribution < 1.29 is 19.5 Å². The Morgan fingerprint density at radius 3 is 2.25 bits per heavy atom. The fourth-order valence-electron chi connectivity index (χ4n) is 1.71. The van der Waals surface area contributed by atoms with Crippen LogP contribution in [0, 0.1) is 25.1 Å². The highest BCUT2D eigenvalue weighted by atomic mass is 16.7. The summed E-state index contributed by atoms with van der Waals surface area (Å²) in [6.07, 6.45) is 0. The van der Waals surface area contributed by atoms with Gasteiger partial charge in [-0.3, -0.25) is 20.2 Å². The van der Waals surface area contributed by atoms with Crippen molar-refractivity contribution in [1.29, 1.82) is 0 Å². The number of nitrogens with one attached hydrogen (secondary N) is 1. The second-order valence-electron chi connectivity index (χ2n) is 4.35. The Morgan fingerprint density at radius 2 is 1.71 bits per heavy atom. The molecule has 11 heteroatoms. The minimum absolute atomic E-state index is 0.165. The van der Waals surface area contributed by atoms with Crippen LogP contribution in [0.2, 0.25) is 0 Å². The smallest absolute Gasteiger partial charge is 0.338 e. The van der Waals surface area contributed by atoms with Crippen LogP contribution in [0.4, 0.5) is 22.7 Å². The summed E-state index contributed by atoms with van der Waals surface area (Å²) in [6, 6.07) is 8.06. The summed E-state index contributed by atoms with van der Waals surface area (Å²) in [6.45, 7) is 0. The molecule has 0 aromatic heterocycles. The lowest BCUT2D eigenvalue weighted by Gasteiger charge is -2.07. The lowest BCUT2D eigenvalue weighted by molar-refractivity contribution is -0.394. The lowest BCUT2D eigenvalue weighted by atomic mass is 10.1. The first kappa shape index (κ1) is 16.5. The number of nitro benzene ring substituents is 2. The summed E-state index contributed by atoms with van der Waals surface area (Å²) in [5.41, 5.74) is 0.972. The van der Waals surface area contributed by atoms with Gasteiger partial charge in [-0.1, -0.05) is 0 Å². The number of hydrogen-bond donors (Lipinski definition) is 1. The number of carbonyl (C=O) groups excluding carboxylic acids is 1. The first-order valence-corrected chi connectivity index (χ1v) is 6.26. The molecular formula is C13H8N4O7. The average Bonchev–Trinajstić information content (AvgIpc) is 2.59. The number of non-ortho nitro benzene ring substituents is 1. The van der Waals surface area contributed by atoms with E-state index in [1.807, 2.05) is 0 Å². The van der Waals surface area contributed by atoms with Crippen LogP contribution in [0.1, 0.15) is 10.4 Å². The van der Waals surface area contributed by atoms with Gasteiger partial charge in [0, 0.05) is 6.07 Å². The van der Waals surface area contributed by atoms with Gasteiger partial charge in [-0.25, -0.2) is 10.3 Å². The third kappa shape index (κ3) is 3.65. The Labute approximate surface area is 133 Å². The first-order valence-electron chi connectivity index (χ1n) is 6.26. The van der Waals surface area contributed by atoms with Gasteiger partial charge in [0.05, 0.1) is 21.6 Å². The third-order valence-corrected chi connectivity index (χ3v) is 2.84. The molecule has 2 aromatic carbocycles. The molecule has 24 heavy (non-hydrogen) atoms. The zero-order valence-electron chi connectivity index (χ0n) is 11.7. The Morgan fingerprint density at radius 1 is 1.04 bits per heavy atom. The summed E-state index contributed by atoms with van der Waals surface area (Å²) in [5.74, 6) is -1.10. The van der Waals surface area contributed by atoms with E-state index in [0.717, 1.165) is 12.1 Å². The van der Waals surface area contributed by atoms with Crippen LogP contribution in [-0.2, 0) is 4.84 Å². The quantitative estimate of drug-likeness (QED) is 0.480. The first-order chi connectivity index (χ1) is 11.4. The van der Waals surface area contributed by atoms with E-state index in [9.17, 15) is 29.9 Å². The summed E-state index contributed by atoms with van der Waals surface area (Å²) in [4.78, 5) is 46.8. The highest BCUT2D eigenvalue weighted by Gasteiger charge is 2.25. The Bertz CT molecular complexity index is 820. The third-order valence-electron chi connectivity index (χ3n) is 2.84. The molecule has 0 heterocycles. The van der Waals surface area contributed by atoms with E-state index in [2.05, 4.69) is 10.7 Å². The molecule has 0 unspecified atom stereocenters. The van der Waals surface area contributed by atoms with Crippen molar-refractivity contribution >= 4 is 28.7 Å². The van der Waals surface area contributed by atoms with Gasteiger partial charge < -0.3 is 4.84 Å². The average molecular weight is 332 g/mol. The standard InChI is InChI=1S/C13H8N4O7/c18-13(24-15-9-3-1-8(14-19)2-4-9)11-6-5-10(16(20)21)7-12(11)17(22)23/h1-7,15H. The number of hydrogen-bond acceptors (Lipinski definition) is 9. The second kappa shape index (κ2) is 6.91. The largest absolute Gasteiger partial charge is 0.369 e. The maximum absolute atomic E-state index is 11.9. The summed E-state index contributed by atoms with van der Waals surface area (Å²) in [5, 5.41) is 24.3. The topological polar surface area (TPSA) is 154 Å². The molecule has 0 atom stereocenters. The zero-order valence-corrected chi connectivity index (χ0v) is 11.7. The van der Waals surface area contributed by atoms with Gasteiger partial charge >= 0.3 is 5.97 Å². The van der Waals surface area contributed by atoms with E-state index >= 15 is 0 Å². The predicted octanol–water partition coefficient (Wildman–Crippen LogP) is 3.08. The number of rotatable bonds is 6. The van der Waals surface area contributed by atoms with Gasteiger partial charge in [0.2, 0.25) is 0 Å². The van der Waals surface area contributed by atoms with Gasteiger partial charge in [-0.05, 0) is 35.5 Å². The molecule has 0 aliphatic carbocycles. The molecule has 122 valence electrons. The highest BCUT2D eigenvalue weighted by molar-refractivity contribution is 5.94. The number of benzene rings is 2. The number of nitro groups is 2. The van der Waals surface area contributed by atoms with Crippen molar-refractivity contribution in [3.63, 3.8) is 0 Å². The maximum Gasteiger partial charge on any atom is 0.369 e. The number of anilines is 1. The molecule has 0 aliphatic heterocycles. The maximum atomic E-state index is 11.9. The molecular weight excluding hydrogens is 324 g/mol. The van der Waals surface area contributed by atoms with Gasteiger partial charge in [-0.15, -0.1) is 4.91 Å². The van der Waals surface area contributed by atoms with Gasteiger partial charge in [0.15, 0.2) is 0 Å². The van der Waals surface area contributed by atoms with Crippen LogP contribution in [0.25, 0.3) is 0 Å². The van der Waals surface area contributed by atoms with E-state index in [0.29, 0.717) is 11.8 Å². The minimum Gasteiger partial charge on any atom is -0.338 e. The van der Waals surface area contributed by atoms with Crippen LogP contribution in [0.15, 0.2) is 47.6 Å². The molecule has 0 fully saturated rings. The summed E-state index contributed by atoms with van der Waals surface area (Å²) >= 11 is 0. The predicted molar refractivity (Wildman–Crippen MR) is 80.7 cm³/mol. The Balaban J connectivity index is 2.17. The van der Waals surface area contributed by atoms with Crippen molar-refractivity contribution in [3.05, 3.63) is 73.2 Å². The van der Waals surface area contributed by atoms with Crippen molar-refractivity contribution in [2.75, 3.05) is 5.48 Å². The zero-order chi connectivity index (χ0) is 17.7. The van der Waals surface area contributed by atoms with Crippen LogP contribution in [-0.4, -0.2) is 15.8 Å². The molecule has 0 saturated carbocycles. The number of carbonyl (C=O) groups is 1. The highest BCUT2D eigenvalue weighted by Crippen LogP contribution is 2.25. The minimum atomic E-state index is -1.10. The summed E-state index contributed by atoms with van der Waals surface area (Å²) < 4.78 is 0. The van der Waals surface area contributed by atoms with Crippen molar-refractivity contribution in [3.8, 4) is 0 Å². The van der Waals surface area contributed by atoms with Crippen molar-refractivity contribution in [2.24, 2.45) is 5.18 Å². The molecule has 0 radical (unpaired) electrons. The summed E-state index contributed by atoms with van der Waals surface area (Å²) in [7, 11) is 0. The van der Waals surface area contributed by atoms with Crippen molar-refractivity contribution in [2.45, 2.75) is 0 Å². The van der Waals surface area contributed by atoms with E-state index in [1.165, 1.54) is 24.3 Å². The van der Waals surface area contributed by atoms with E-state index in [1.54, 1.807) is 0 Å². The van der Waals surface area contributed by atoms with Crippen LogP contribution < -0.4 is 5.48 Å². The SMILES string of the molecule is O=Nc1ccc(NOC(=O)c2ccc([N+](=O)[O-])cc2[N+](=O)[O-])cc1. The van der Waals surface area contributed by atoms with E-state index in [4.69, 9.17) is 4.84 Å². The molecule has 0 bridgehead atoms. The molecule has 2 rings (SSSR count). The monoisotopic (exact) mass is 332 g/mol. The fourth-order valence-corrected chi connectivity index (χ4v) is 1.71. The Hall–Kier alpha value is -3.89. The van der Waals surface area contributed by atoms with Gasteiger partial charge in [-0.2, -0.15) is 0 Å². The second-order valence-corrected chi connectivity index (χ2v) is 4.35. The van der Waals surface area contributed by atoms with Crippen LogP contribution in [0.3, 0.4) is 0 Å². The van der Waals surface area contributed by atoms with Crippen molar-refractivity contribution in [1.82, 2.24) is 0 Å². The molecule has 0 spiro atoms. The van der Waals surface area contributed by atoms with E-state index in [-0.39, 0.29) is 5.69 Å². The fraction of sp³-hybridized carbons (Fsp3) is 0. The van der Waals surface area contributed by atoms with Gasteiger partial charge in [0.25, 0.3) is 11.4 Å². The lowest BCUT2D eigenvalue weighted by Crippen LogP contribution is -2.12.